The van der Waals surface area contributed by atoms with Crippen LogP contribution in [-0.4, -0.2) is 29.3 Å². The quantitative estimate of drug-likeness (QED) is 0.615. The number of halogens is 1. The fourth-order valence-electron chi connectivity index (χ4n) is 1.53. The van der Waals surface area contributed by atoms with Gasteiger partial charge < -0.3 is 9.84 Å². The predicted octanol–water partition coefficient (Wildman–Crippen LogP) is 0.533. The SMILES string of the molecule is OCC12COCC1(Br)C2. The second kappa shape index (κ2) is 1.52. The summed E-state index contributed by atoms with van der Waals surface area (Å²) in [7, 11) is 0. The normalized spacial score (nSPS) is 55.3. The van der Waals surface area contributed by atoms with Crippen molar-refractivity contribution in [3.63, 3.8) is 0 Å². The van der Waals surface area contributed by atoms with Crippen LogP contribution >= 0.6 is 15.9 Å². The monoisotopic (exact) mass is 192 g/mol. The lowest BCUT2D eigenvalue weighted by molar-refractivity contribution is 0.118. The number of hydrogen-bond acceptors (Lipinski definition) is 2. The van der Waals surface area contributed by atoms with Crippen LogP contribution in [0.2, 0.25) is 0 Å². The Kier molecular flexibility index (Phi) is 1.04. The highest BCUT2D eigenvalue weighted by molar-refractivity contribution is 9.10. The first-order chi connectivity index (χ1) is 4.22. The van der Waals surface area contributed by atoms with Gasteiger partial charge in [0.25, 0.3) is 0 Å². The van der Waals surface area contributed by atoms with Gasteiger partial charge in [-0.25, -0.2) is 0 Å². The summed E-state index contributed by atoms with van der Waals surface area (Å²) in [4.78, 5) is 0. The molecule has 0 aromatic heterocycles. The highest BCUT2D eigenvalue weighted by Crippen LogP contribution is 2.65. The van der Waals surface area contributed by atoms with Crippen LogP contribution in [0.3, 0.4) is 0 Å². The summed E-state index contributed by atoms with van der Waals surface area (Å²) in [6, 6.07) is 0. The number of rotatable bonds is 1. The van der Waals surface area contributed by atoms with Crippen molar-refractivity contribution in [3.8, 4) is 0 Å². The molecule has 1 saturated carbocycles. The van der Waals surface area contributed by atoms with E-state index in [4.69, 9.17) is 9.84 Å². The molecule has 1 aliphatic carbocycles. The van der Waals surface area contributed by atoms with Gasteiger partial charge in [0, 0.05) is 5.41 Å². The zero-order valence-corrected chi connectivity index (χ0v) is 6.65. The molecule has 2 rings (SSSR count). The van der Waals surface area contributed by atoms with Crippen LogP contribution < -0.4 is 0 Å². The van der Waals surface area contributed by atoms with Crippen LogP contribution in [0.1, 0.15) is 6.42 Å². The van der Waals surface area contributed by atoms with Gasteiger partial charge in [0.1, 0.15) is 0 Å². The number of aliphatic hydroxyl groups excluding tert-OH is 1. The molecule has 0 bridgehead atoms. The summed E-state index contributed by atoms with van der Waals surface area (Å²) >= 11 is 3.55. The Labute approximate surface area is 62.3 Å². The van der Waals surface area contributed by atoms with Crippen LogP contribution in [0.5, 0.6) is 0 Å². The van der Waals surface area contributed by atoms with Crippen molar-refractivity contribution < 1.29 is 9.84 Å². The van der Waals surface area contributed by atoms with E-state index in [2.05, 4.69) is 15.9 Å². The largest absolute Gasteiger partial charge is 0.396 e. The Morgan fingerprint density at radius 1 is 1.56 bits per heavy atom. The Balaban J connectivity index is 2.19. The third kappa shape index (κ3) is 0.578. The van der Waals surface area contributed by atoms with Crippen molar-refractivity contribution in [2.24, 2.45) is 5.41 Å². The number of aliphatic hydroxyl groups is 1. The molecule has 1 heterocycles. The second-order valence-corrected chi connectivity index (χ2v) is 4.59. The zero-order chi connectivity index (χ0) is 6.54. The lowest BCUT2D eigenvalue weighted by Gasteiger charge is -2.04. The summed E-state index contributed by atoms with van der Waals surface area (Å²) in [5.41, 5.74) is 0.0903. The minimum absolute atomic E-state index is 0.0903. The molecule has 0 aromatic rings. The molecule has 2 unspecified atom stereocenters. The van der Waals surface area contributed by atoms with Crippen molar-refractivity contribution in [1.29, 1.82) is 0 Å². The Morgan fingerprint density at radius 3 is 2.56 bits per heavy atom. The topological polar surface area (TPSA) is 29.5 Å². The van der Waals surface area contributed by atoms with Gasteiger partial charge in [0.15, 0.2) is 0 Å². The predicted molar refractivity (Wildman–Crippen MR) is 36.6 cm³/mol. The Morgan fingerprint density at radius 2 is 2.33 bits per heavy atom. The highest BCUT2D eigenvalue weighted by Gasteiger charge is 2.69. The van der Waals surface area contributed by atoms with Crippen LogP contribution in [0.25, 0.3) is 0 Å². The molecule has 1 aliphatic heterocycles. The molecular formula is C6H9BrO2. The maximum Gasteiger partial charge on any atom is 0.0627 e. The van der Waals surface area contributed by atoms with E-state index in [0.29, 0.717) is 0 Å². The minimum atomic E-state index is 0.0903. The fourth-order valence-corrected chi connectivity index (χ4v) is 2.47. The highest BCUT2D eigenvalue weighted by atomic mass is 79.9. The van der Waals surface area contributed by atoms with E-state index < -0.39 is 0 Å². The third-order valence-electron chi connectivity index (χ3n) is 2.46. The molecule has 1 saturated heterocycles. The van der Waals surface area contributed by atoms with Crippen molar-refractivity contribution in [1.82, 2.24) is 0 Å². The van der Waals surface area contributed by atoms with E-state index in [1.165, 1.54) is 0 Å². The first-order valence-electron chi connectivity index (χ1n) is 3.10. The van der Waals surface area contributed by atoms with E-state index in [0.717, 1.165) is 19.6 Å². The van der Waals surface area contributed by atoms with Gasteiger partial charge in [-0.3, -0.25) is 0 Å². The molecule has 9 heavy (non-hydrogen) atoms. The molecule has 0 amide bonds. The van der Waals surface area contributed by atoms with Crippen LogP contribution in [0.4, 0.5) is 0 Å². The summed E-state index contributed by atoms with van der Waals surface area (Å²) < 4.78 is 5.34. The van der Waals surface area contributed by atoms with Crippen LogP contribution in [-0.2, 0) is 4.74 Å². The average Bonchev–Trinajstić information content (AvgIpc) is 2.29. The lowest BCUT2D eigenvalue weighted by Crippen LogP contribution is -2.15. The van der Waals surface area contributed by atoms with Gasteiger partial charge in [-0.15, -0.1) is 0 Å². The lowest BCUT2D eigenvalue weighted by atomic mass is 10.1. The van der Waals surface area contributed by atoms with Crippen molar-refractivity contribution in [3.05, 3.63) is 0 Å². The number of fused-ring (bicyclic) bond motifs is 1. The number of alkyl halides is 1. The van der Waals surface area contributed by atoms with Crippen LogP contribution in [0.15, 0.2) is 0 Å². The molecule has 0 spiro atoms. The Bertz CT molecular complexity index is 146. The molecular weight excluding hydrogens is 184 g/mol. The Hall–Kier alpha value is 0.400. The van der Waals surface area contributed by atoms with E-state index in [1.807, 2.05) is 0 Å². The van der Waals surface area contributed by atoms with Gasteiger partial charge in [0.2, 0.25) is 0 Å². The molecule has 0 radical (unpaired) electrons. The van der Waals surface area contributed by atoms with Crippen molar-refractivity contribution >= 4 is 15.9 Å². The van der Waals surface area contributed by atoms with Gasteiger partial charge >= 0.3 is 0 Å². The molecule has 1 N–H and O–H groups in total. The van der Waals surface area contributed by atoms with Crippen LogP contribution in [0, 0.1) is 5.41 Å². The standard InChI is InChI=1S/C6H9BrO2/c7-6-1-5(6,2-8)3-9-4-6/h8H,1-4H2. The third-order valence-corrected chi connectivity index (χ3v) is 3.81. The smallest absolute Gasteiger partial charge is 0.0627 e. The van der Waals surface area contributed by atoms with Gasteiger partial charge in [-0.1, -0.05) is 15.9 Å². The first-order valence-corrected chi connectivity index (χ1v) is 3.89. The second-order valence-electron chi connectivity index (χ2n) is 3.07. The number of hydrogen-bond donors (Lipinski definition) is 1. The fraction of sp³-hybridized carbons (Fsp3) is 1.00. The molecule has 3 heteroatoms. The first kappa shape index (κ1) is 6.13. The van der Waals surface area contributed by atoms with Gasteiger partial charge in [-0.2, -0.15) is 0 Å². The minimum Gasteiger partial charge on any atom is -0.396 e. The summed E-state index contributed by atoms with van der Waals surface area (Å²) in [6.07, 6.45) is 1.08. The van der Waals surface area contributed by atoms with E-state index in [9.17, 15) is 0 Å². The summed E-state index contributed by atoms with van der Waals surface area (Å²) in [5.74, 6) is 0. The van der Waals surface area contributed by atoms with Gasteiger partial charge in [0.05, 0.1) is 24.1 Å². The van der Waals surface area contributed by atoms with E-state index in [-0.39, 0.29) is 16.3 Å². The molecule has 2 fully saturated rings. The molecule has 52 valence electrons. The maximum atomic E-state index is 8.92. The summed E-state index contributed by atoms with van der Waals surface area (Å²) in [6.45, 7) is 1.76. The van der Waals surface area contributed by atoms with Gasteiger partial charge in [-0.05, 0) is 6.42 Å². The molecule has 2 atom stereocenters. The maximum absolute atomic E-state index is 8.92. The van der Waals surface area contributed by atoms with Crippen molar-refractivity contribution in [2.75, 3.05) is 19.8 Å². The van der Waals surface area contributed by atoms with Crippen molar-refractivity contribution in [2.45, 2.75) is 10.7 Å². The molecule has 2 nitrogen and oxygen atoms in total. The van der Waals surface area contributed by atoms with E-state index >= 15 is 0 Å². The zero-order valence-electron chi connectivity index (χ0n) is 5.06. The number of ether oxygens (including phenoxy) is 1. The molecule has 0 aromatic carbocycles. The molecule has 2 aliphatic rings. The summed E-state index contributed by atoms with van der Waals surface area (Å²) in [5, 5.41) is 8.92. The van der Waals surface area contributed by atoms with E-state index in [1.54, 1.807) is 0 Å². The average molecular weight is 193 g/mol.